The van der Waals surface area contributed by atoms with Gasteiger partial charge in [0.05, 0.1) is 12.7 Å². The summed E-state index contributed by atoms with van der Waals surface area (Å²) in [7, 11) is 0. The molecule has 0 bridgehead atoms. The van der Waals surface area contributed by atoms with Crippen LogP contribution >= 0.6 is 0 Å². The van der Waals surface area contributed by atoms with Gasteiger partial charge in [-0.3, -0.25) is 0 Å². The summed E-state index contributed by atoms with van der Waals surface area (Å²) in [5, 5.41) is 12.0. The Kier molecular flexibility index (Phi) is 4.53. The Bertz CT molecular complexity index is 776. The lowest BCUT2D eigenvalue weighted by atomic mass is 9.89. The van der Waals surface area contributed by atoms with Crippen molar-refractivity contribution in [1.29, 1.82) is 0 Å². The molecule has 6 unspecified atom stereocenters. The molecule has 7 nitrogen and oxygen atoms in total. The molecular formula is C19H26N2O5. The topological polar surface area (TPSA) is 85.8 Å². The summed E-state index contributed by atoms with van der Waals surface area (Å²) < 4.78 is 23.4. The van der Waals surface area contributed by atoms with Crippen LogP contribution in [0.2, 0.25) is 0 Å². The van der Waals surface area contributed by atoms with Gasteiger partial charge in [-0.05, 0) is 38.5 Å². The molecule has 0 saturated carbocycles. The molecule has 6 atom stereocenters. The van der Waals surface area contributed by atoms with Crippen molar-refractivity contribution in [2.75, 3.05) is 6.61 Å². The summed E-state index contributed by atoms with van der Waals surface area (Å²) >= 11 is 0. The highest BCUT2D eigenvalue weighted by molar-refractivity contribution is 5.80. The van der Waals surface area contributed by atoms with Crippen molar-refractivity contribution in [3.05, 3.63) is 30.1 Å². The SMILES string of the molecule is CC1OCC(C(O)C2OC(C)(C)OC2C(C)c2c[nH]c3ncccc23)O1. The van der Waals surface area contributed by atoms with Crippen LogP contribution < -0.4 is 0 Å². The van der Waals surface area contributed by atoms with Crippen LogP contribution in [0.5, 0.6) is 0 Å². The molecule has 0 spiro atoms. The number of ether oxygens (including phenoxy) is 4. The molecule has 2 saturated heterocycles. The maximum atomic E-state index is 10.9. The second-order valence-corrected chi connectivity index (χ2v) is 7.56. The fraction of sp³-hybridized carbons (Fsp3) is 0.632. The molecule has 2 aromatic heterocycles. The van der Waals surface area contributed by atoms with Crippen LogP contribution in [0.1, 0.15) is 39.2 Å². The number of aromatic amines is 1. The normalized spacial score (nSPS) is 33.6. The zero-order valence-electron chi connectivity index (χ0n) is 15.5. The first-order chi connectivity index (χ1) is 12.4. The highest BCUT2D eigenvalue weighted by Crippen LogP contribution is 2.40. The van der Waals surface area contributed by atoms with Crippen LogP contribution in [0.4, 0.5) is 0 Å². The van der Waals surface area contributed by atoms with Gasteiger partial charge < -0.3 is 29.0 Å². The largest absolute Gasteiger partial charge is 0.387 e. The average Bonchev–Trinajstić information content (AvgIpc) is 3.30. The van der Waals surface area contributed by atoms with Crippen LogP contribution in [0.3, 0.4) is 0 Å². The van der Waals surface area contributed by atoms with Gasteiger partial charge in [0.2, 0.25) is 0 Å². The van der Waals surface area contributed by atoms with E-state index in [1.54, 1.807) is 6.20 Å². The van der Waals surface area contributed by atoms with Crippen molar-refractivity contribution in [3.8, 4) is 0 Å². The molecule has 7 heteroatoms. The third-order valence-corrected chi connectivity index (χ3v) is 5.21. The number of nitrogens with zero attached hydrogens (tertiary/aromatic N) is 1. The van der Waals surface area contributed by atoms with E-state index in [2.05, 4.69) is 16.9 Å². The van der Waals surface area contributed by atoms with Crippen LogP contribution in [0.15, 0.2) is 24.5 Å². The number of pyridine rings is 1. The lowest BCUT2D eigenvalue weighted by Gasteiger charge is -2.28. The number of aliphatic hydroxyl groups excluding tert-OH is 1. The number of nitrogens with one attached hydrogen (secondary N) is 1. The third kappa shape index (κ3) is 3.14. The molecular weight excluding hydrogens is 336 g/mol. The van der Waals surface area contributed by atoms with Crippen molar-refractivity contribution in [2.24, 2.45) is 0 Å². The molecule has 2 fully saturated rings. The Morgan fingerprint density at radius 1 is 1.31 bits per heavy atom. The first-order valence-electron chi connectivity index (χ1n) is 9.08. The van der Waals surface area contributed by atoms with Gasteiger partial charge in [-0.2, -0.15) is 0 Å². The summed E-state index contributed by atoms with van der Waals surface area (Å²) in [5.74, 6) is -0.783. The van der Waals surface area contributed by atoms with Gasteiger partial charge in [-0.1, -0.05) is 6.92 Å². The van der Waals surface area contributed by atoms with Crippen LogP contribution in [0.25, 0.3) is 11.0 Å². The van der Waals surface area contributed by atoms with Gasteiger partial charge in [-0.15, -0.1) is 0 Å². The highest BCUT2D eigenvalue weighted by atomic mass is 16.8. The number of fused-ring (bicyclic) bond motifs is 1. The van der Waals surface area contributed by atoms with Crippen molar-refractivity contribution in [1.82, 2.24) is 9.97 Å². The molecule has 2 aliphatic rings. The van der Waals surface area contributed by atoms with E-state index in [4.69, 9.17) is 18.9 Å². The van der Waals surface area contributed by atoms with E-state index in [9.17, 15) is 5.11 Å². The number of aliphatic hydroxyl groups is 1. The van der Waals surface area contributed by atoms with E-state index in [1.807, 2.05) is 39.1 Å². The van der Waals surface area contributed by atoms with Crippen LogP contribution in [-0.4, -0.2) is 58.2 Å². The molecule has 0 radical (unpaired) electrons. The number of hydrogen-bond acceptors (Lipinski definition) is 6. The lowest BCUT2D eigenvalue weighted by Crippen LogP contribution is -2.45. The molecule has 4 heterocycles. The van der Waals surface area contributed by atoms with Gasteiger partial charge >= 0.3 is 0 Å². The zero-order valence-corrected chi connectivity index (χ0v) is 15.5. The number of hydrogen-bond donors (Lipinski definition) is 2. The summed E-state index contributed by atoms with van der Waals surface area (Å²) in [4.78, 5) is 7.55. The van der Waals surface area contributed by atoms with Crippen molar-refractivity contribution in [2.45, 2.75) is 70.1 Å². The maximum Gasteiger partial charge on any atom is 0.163 e. The van der Waals surface area contributed by atoms with E-state index < -0.39 is 24.1 Å². The minimum Gasteiger partial charge on any atom is -0.387 e. The van der Waals surface area contributed by atoms with Crippen LogP contribution in [0, 0.1) is 0 Å². The Morgan fingerprint density at radius 3 is 2.81 bits per heavy atom. The standard InChI is InChI=1S/C19H26N2O5/c1-10(13-8-21-18-12(13)6-5-7-20-18)16-17(26-19(3,4)25-16)15(22)14-9-23-11(2)24-14/h5-8,10-11,14-17,22H,9H2,1-4H3,(H,20,21). The minimum absolute atomic E-state index is 0.00544. The molecule has 4 rings (SSSR count). The molecule has 0 aromatic carbocycles. The fourth-order valence-corrected chi connectivity index (χ4v) is 3.94. The van der Waals surface area contributed by atoms with Crippen molar-refractivity contribution in [3.63, 3.8) is 0 Å². The summed E-state index contributed by atoms with van der Waals surface area (Å²) in [6.45, 7) is 7.98. The number of rotatable bonds is 4. The first-order valence-corrected chi connectivity index (χ1v) is 9.08. The molecule has 142 valence electrons. The second kappa shape index (κ2) is 6.58. The van der Waals surface area contributed by atoms with Gasteiger partial charge in [0, 0.05) is 23.7 Å². The fourth-order valence-electron chi connectivity index (χ4n) is 3.94. The predicted molar refractivity (Wildman–Crippen MR) is 94.6 cm³/mol. The monoisotopic (exact) mass is 362 g/mol. The Balaban J connectivity index is 1.62. The van der Waals surface area contributed by atoms with Gasteiger partial charge in [-0.25, -0.2) is 4.98 Å². The molecule has 0 aliphatic carbocycles. The van der Waals surface area contributed by atoms with E-state index in [-0.39, 0.29) is 18.3 Å². The molecule has 0 amide bonds. The van der Waals surface area contributed by atoms with E-state index in [0.717, 1.165) is 16.6 Å². The smallest absolute Gasteiger partial charge is 0.163 e. The highest BCUT2D eigenvalue weighted by Gasteiger charge is 2.50. The van der Waals surface area contributed by atoms with Crippen LogP contribution in [-0.2, 0) is 18.9 Å². The van der Waals surface area contributed by atoms with Gasteiger partial charge in [0.1, 0.15) is 24.0 Å². The molecule has 2 aliphatic heterocycles. The second-order valence-electron chi connectivity index (χ2n) is 7.56. The Morgan fingerprint density at radius 2 is 2.08 bits per heavy atom. The molecule has 2 aromatic rings. The van der Waals surface area contributed by atoms with Crippen molar-refractivity contribution >= 4 is 11.0 Å². The quantitative estimate of drug-likeness (QED) is 0.868. The zero-order chi connectivity index (χ0) is 18.5. The van der Waals surface area contributed by atoms with Gasteiger partial charge in [0.25, 0.3) is 0 Å². The predicted octanol–water partition coefficient (Wildman–Crippen LogP) is 2.31. The molecule has 26 heavy (non-hydrogen) atoms. The van der Waals surface area contributed by atoms with E-state index in [0.29, 0.717) is 6.61 Å². The van der Waals surface area contributed by atoms with Gasteiger partial charge in [0.15, 0.2) is 12.1 Å². The Labute approximate surface area is 152 Å². The third-order valence-electron chi connectivity index (χ3n) is 5.21. The molecule has 2 N–H and O–H groups in total. The number of aromatic nitrogens is 2. The maximum absolute atomic E-state index is 10.9. The summed E-state index contributed by atoms with van der Waals surface area (Å²) in [6.07, 6.45) is 1.30. The van der Waals surface area contributed by atoms with E-state index in [1.165, 1.54) is 0 Å². The minimum atomic E-state index is -0.836. The summed E-state index contributed by atoms with van der Waals surface area (Å²) in [6, 6.07) is 3.95. The van der Waals surface area contributed by atoms with E-state index >= 15 is 0 Å². The average molecular weight is 362 g/mol. The first kappa shape index (κ1) is 17.9. The Hall–Kier alpha value is -1.51. The summed E-state index contributed by atoms with van der Waals surface area (Å²) in [5.41, 5.74) is 1.93. The lowest BCUT2D eigenvalue weighted by molar-refractivity contribution is -0.165. The number of H-pyrrole nitrogens is 1. The van der Waals surface area contributed by atoms with Crippen molar-refractivity contribution < 1.29 is 24.1 Å².